The Morgan fingerprint density at radius 2 is 1.74 bits per heavy atom. The van der Waals surface area contributed by atoms with E-state index in [0.717, 1.165) is 32.1 Å². The topological polar surface area (TPSA) is 93.1 Å². The molecule has 6 nitrogen and oxygen atoms in total. The van der Waals surface area contributed by atoms with Crippen LogP contribution in [0.1, 0.15) is 93.9 Å². The van der Waals surface area contributed by atoms with E-state index in [4.69, 9.17) is 9.47 Å². The van der Waals surface area contributed by atoms with E-state index in [1.807, 2.05) is 0 Å². The van der Waals surface area contributed by atoms with Crippen LogP contribution in [0, 0.1) is 56.7 Å². The Hall–Kier alpha value is -1.40. The van der Waals surface area contributed by atoms with Crippen LogP contribution < -0.4 is 0 Å². The number of aliphatic hydroxyl groups is 1. The highest BCUT2D eigenvalue weighted by atomic mass is 16.6. The molecule has 1 heterocycles. The number of fused-ring (bicyclic) bond motifs is 3. The molecule has 4 aliphatic carbocycles. The fraction of sp³-hybridized carbons (Fsp3) is 0.875. The maximum Gasteiger partial charge on any atom is 0.307 e. The normalized spacial score (nSPS) is 50.7. The van der Waals surface area contributed by atoms with Gasteiger partial charge < -0.3 is 19.7 Å². The van der Waals surface area contributed by atoms with Gasteiger partial charge in [-0.25, -0.2) is 0 Å². The molecule has 6 heteroatoms. The summed E-state index contributed by atoms with van der Waals surface area (Å²) in [6.45, 7) is 18.2. The molecule has 0 aromatic carbocycles. The van der Waals surface area contributed by atoms with E-state index in [0.29, 0.717) is 31.5 Å². The first-order chi connectivity index (χ1) is 17.6. The number of hydrogen-bond donors (Lipinski definition) is 2. The Bertz CT molecular complexity index is 1030. The summed E-state index contributed by atoms with van der Waals surface area (Å²) in [5.41, 5.74) is -0.160. The van der Waals surface area contributed by atoms with Crippen LogP contribution in [0.3, 0.4) is 0 Å². The van der Waals surface area contributed by atoms with Gasteiger partial charge in [0.25, 0.3) is 0 Å². The second-order valence-electron chi connectivity index (χ2n) is 15.1. The van der Waals surface area contributed by atoms with Gasteiger partial charge in [-0.05, 0) is 78.4 Å². The third kappa shape index (κ3) is 3.44. The fourth-order valence-corrected chi connectivity index (χ4v) is 10.9. The minimum absolute atomic E-state index is 0.156. The molecule has 5 aliphatic rings. The SMILES string of the molecule is CC(=O)O[C@@H]1C[C@]23COC[C@@](C)([C@@H]2CC[C@H]2C3=CC[C@@]3(C)[C@H](C(=O)O)[C@@](C)([C@H](C)C(C)C)CC[C@]23C)[C@H]1O. The maximum absolute atomic E-state index is 13.2. The molecule has 0 aromatic heterocycles. The van der Waals surface area contributed by atoms with Crippen molar-refractivity contribution < 1.29 is 29.3 Å². The van der Waals surface area contributed by atoms with Crippen molar-refractivity contribution in [2.24, 2.45) is 56.7 Å². The number of carboxylic acid groups (broad SMARTS) is 1. The van der Waals surface area contributed by atoms with Gasteiger partial charge >= 0.3 is 11.9 Å². The minimum Gasteiger partial charge on any atom is -0.481 e. The summed E-state index contributed by atoms with van der Waals surface area (Å²) in [7, 11) is 0. The smallest absolute Gasteiger partial charge is 0.307 e. The lowest BCUT2D eigenvalue weighted by atomic mass is 9.34. The van der Waals surface area contributed by atoms with Crippen molar-refractivity contribution in [3.05, 3.63) is 11.6 Å². The van der Waals surface area contributed by atoms with Crippen LogP contribution in [0.25, 0.3) is 0 Å². The zero-order valence-electron chi connectivity index (χ0n) is 24.8. The van der Waals surface area contributed by atoms with E-state index in [1.54, 1.807) is 0 Å². The van der Waals surface area contributed by atoms with E-state index < -0.39 is 29.5 Å². The van der Waals surface area contributed by atoms with Gasteiger partial charge in [0, 0.05) is 17.8 Å². The molecule has 11 atom stereocenters. The summed E-state index contributed by atoms with van der Waals surface area (Å²) < 4.78 is 12.0. The number of aliphatic carboxylic acids is 1. The summed E-state index contributed by atoms with van der Waals surface area (Å²) in [4.78, 5) is 25.2. The van der Waals surface area contributed by atoms with Gasteiger partial charge in [-0.1, -0.05) is 60.1 Å². The molecule has 5 rings (SSSR count). The number of allylic oxidation sites excluding steroid dienone is 1. The Morgan fingerprint density at radius 3 is 2.34 bits per heavy atom. The van der Waals surface area contributed by atoms with Gasteiger partial charge in [0.15, 0.2) is 0 Å². The summed E-state index contributed by atoms with van der Waals surface area (Å²) in [6.07, 6.45) is 6.31. The zero-order chi connectivity index (χ0) is 28.1. The van der Waals surface area contributed by atoms with E-state index >= 15 is 0 Å². The highest BCUT2D eigenvalue weighted by Gasteiger charge is 2.71. The Kier molecular flexibility index (Phi) is 6.52. The lowest BCUT2D eigenvalue weighted by Gasteiger charge is -2.71. The molecule has 1 aliphatic heterocycles. The van der Waals surface area contributed by atoms with Crippen molar-refractivity contribution in [3.63, 3.8) is 0 Å². The highest BCUT2D eigenvalue weighted by molar-refractivity contribution is 5.73. The molecule has 3 saturated carbocycles. The van der Waals surface area contributed by atoms with Crippen LogP contribution in [0.15, 0.2) is 11.6 Å². The first-order valence-corrected chi connectivity index (χ1v) is 14.9. The van der Waals surface area contributed by atoms with Gasteiger partial charge in [-0.3, -0.25) is 9.59 Å². The molecule has 1 saturated heterocycles. The van der Waals surface area contributed by atoms with Gasteiger partial charge in [0.2, 0.25) is 0 Å². The average molecular weight is 531 g/mol. The number of aliphatic hydroxyl groups excluding tert-OH is 1. The van der Waals surface area contributed by atoms with Crippen LogP contribution in [0.2, 0.25) is 0 Å². The zero-order valence-corrected chi connectivity index (χ0v) is 24.8. The van der Waals surface area contributed by atoms with E-state index in [-0.39, 0.29) is 39.5 Å². The monoisotopic (exact) mass is 530 g/mol. The number of hydrogen-bond acceptors (Lipinski definition) is 5. The van der Waals surface area contributed by atoms with E-state index in [1.165, 1.54) is 12.5 Å². The first-order valence-electron chi connectivity index (χ1n) is 14.9. The first kappa shape index (κ1) is 28.1. The van der Waals surface area contributed by atoms with E-state index in [9.17, 15) is 19.8 Å². The number of rotatable bonds is 4. The minimum atomic E-state index is -0.754. The molecule has 2 N–H and O–H groups in total. The van der Waals surface area contributed by atoms with Crippen molar-refractivity contribution in [1.82, 2.24) is 0 Å². The van der Waals surface area contributed by atoms with Gasteiger partial charge in [0.05, 0.1) is 25.2 Å². The molecule has 0 spiro atoms. The molecule has 38 heavy (non-hydrogen) atoms. The summed E-state index contributed by atoms with van der Waals surface area (Å²) in [5.74, 6) is -0.186. The fourth-order valence-electron chi connectivity index (χ4n) is 10.9. The Labute approximate surface area is 228 Å². The summed E-state index contributed by atoms with van der Waals surface area (Å²) >= 11 is 0. The molecule has 0 unspecified atom stereocenters. The third-order valence-corrected chi connectivity index (χ3v) is 13.4. The van der Waals surface area contributed by atoms with Gasteiger partial charge in [-0.2, -0.15) is 0 Å². The Balaban J connectivity index is 1.62. The number of carbonyl (C=O) groups is 2. The molecule has 214 valence electrons. The van der Waals surface area contributed by atoms with Gasteiger partial charge in [-0.15, -0.1) is 0 Å². The van der Waals surface area contributed by atoms with Crippen molar-refractivity contribution in [1.29, 1.82) is 0 Å². The molecule has 2 bridgehead atoms. The third-order valence-electron chi connectivity index (χ3n) is 13.4. The quantitative estimate of drug-likeness (QED) is 0.349. The highest BCUT2D eigenvalue weighted by Crippen LogP contribution is 2.74. The Morgan fingerprint density at radius 1 is 1.05 bits per heavy atom. The van der Waals surface area contributed by atoms with Crippen molar-refractivity contribution in [2.45, 2.75) is 106 Å². The summed E-state index contributed by atoms with van der Waals surface area (Å²) in [6, 6.07) is 0. The molecule has 4 fully saturated rings. The van der Waals surface area contributed by atoms with Crippen LogP contribution in [-0.2, 0) is 19.1 Å². The van der Waals surface area contributed by atoms with Crippen LogP contribution >= 0.6 is 0 Å². The number of carbonyl (C=O) groups excluding carboxylic acids is 1. The van der Waals surface area contributed by atoms with E-state index in [2.05, 4.69) is 54.5 Å². The lowest BCUT2D eigenvalue weighted by Crippen LogP contribution is -2.70. The predicted octanol–water partition coefficient (Wildman–Crippen LogP) is 5.87. The lowest BCUT2D eigenvalue weighted by molar-refractivity contribution is -0.257. The van der Waals surface area contributed by atoms with Crippen LogP contribution in [0.4, 0.5) is 0 Å². The van der Waals surface area contributed by atoms with Crippen molar-refractivity contribution >= 4 is 11.9 Å². The second kappa shape index (κ2) is 8.80. The molecular weight excluding hydrogens is 480 g/mol. The van der Waals surface area contributed by atoms with Crippen molar-refractivity contribution in [3.8, 4) is 0 Å². The van der Waals surface area contributed by atoms with Crippen molar-refractivity contribution in [2.75, 3.05) is 13.2 Å². The number of ether oxygens (including phenoxy) is 2. The largest absolute Gasteiger partial charge is 0.481 e. The molecular formula is C32H50O6. The number of esters is 1. The van der Waals surface area contributed by atoms with Crippen LogP contribution in [-0.4, -0.2) is 47.6 Å². The molecule has 0 radical (unpaired) electrons. The van der Waals surface area contributed by atoms with Crippen LogP contribution in [0.5, 0.6) is 0 Å². The number of carboxylic acids is 1. The van der Waals surface area contributed by atoms with Gasteiger partial charge in [0.1, 0.15) is 6.10 Å². The molecule has 0 amide bonds. The average Bonchev–Trinajstić information content (AvgIpc) is 2.82. The predicted molar refractivity (Wildman–Crippen MR) is 145 cm³/mol. The molecule has 0 aromatic rings. The standard InChI is InChI=1S/C32H50O6/c1-18(2)19(3)28(5)13-14-30(7)21-9-10-24-29(6)16-37-17-32(24,15-23(26(29)34)38-20(4)33)22(21)11-12-31(30,8)25(28)27(35)36/h11,18-19,21,23-26,34H,9-10,12-17H2,1-8H3,(H,35,36)/t19-,21+,23-,24+,25-,26+,28-,29+,30-,31+,32-/m1/s1. The second-order valence-corrected chi connectivity index (χ2v) is 15.1. The maximum atomic E-state index is 13.2. The summed E-state index contributed by atoms with van der Waals surface area (Å²) in [5, 5.41) is 22.2.